The minimum absolute atomic E-state index is 0.00782. The number of hydrogen-bond acceptors (Lipinski definition) is 4. The van der Waals surface area contributed by atoms with Gasteiger partial charge < -0.3 is 9.84 Å². The van der Waals surface area contributed by atoms with Crippen molar-refractivity contribution in [1.82, 2.24) is 0 Å². The van der Waals surface area contributed by atoms with E-state index in [1.165, 1.54) is 13.2 Å². The molecule has 0 aromatic heterocycles. The Hall–Kier alpha value is -1.42. The first-order valence-corrected chi connectivity index (χ1v) is 3.05. The van der Waals surface area contributed by atoms with Crippen LogP contribution >= 0.6 is 0 Å². The van der Waals surface area contributed by atoms with Crippen molar-refractivity contribution in [2.75, 3.05) is 12.6 Å². The third-order valence-corrected chi connectivity index (χ3v) is 1.31. The van der Waals surface area contributed by atoms with Crippen molar-refractivity contribution in [3.05, 3.63) is 18.2 Å². The zero-order valence-corrected chi connectivity index (χ0v) is 6.03. The molecule has 0 amide bonds. The quantitative estimate of drug-likeness (QED) is 0.561. The summed E-state index contributed by atoms with van der Waals surface area (Å²) in [5, 5.41) is 17.6. The third-order valence-electron chi connectivity index (χ3n) is 1.31. The average molecular weight is 155 g/mol. The average Bonchev–Trinajstić information content (AvgIpc) is 2.04. The molecule has 0 aliphatic rings. The summed E-state index contributed by atoms with van der Waals surface area (Å²) in [6.45, 7) is 0. The summed E-state index contributed by atoms with van der Waals surface area (Å²) >= 11 is 0. The molecule has 0 spiro atoms. The maximum absolute atomic E-state index is 9.15. The fourth-order valence-corrected chi connectivity index (χ4v) is 0.760. The summed E-state index contributed by atoms with van der Waals surface area (Å²) in [5.41, 5.74) is 2.32. The smallest absolute Gasteiger partial charge is 0.160 e. The maximum atomic E-state index is 9.15. The number of methoxy groups -OCH3 is 1. The molecule has 0 saturated heterocycles. The van der Waals surface area contributed by atoms with Crippen LogP contribution in [-0.2, 0) is 0 Å². The molecule has 0 bridgehead atoms. The molecule has 1 aromatic carbocycles. The van der Waals surface area contributed by atoms with E-state index in [0.717, 1.165) is 0 Å². The van der Waals surface area contributed by atoms with Crippen LogP contribution in [0.25, 0.3) is 0 Å². The van der Waals surface area contributed by atoms with Gasteiger partial charge in [-0.1, -0.05) is 0 Å². The van der Waals surface area contributed by atoms with E-state index in [0.29, 0.717) is 11.4 Å². The number of ether oxygens (including phenoxy) is 1. The van der Waals surface area contributed by atoms with Crippen LogP contribution in [0.5, 0.6) is 11.5 Å². The molecule has 0 radical (unpaired) electrons. The normalized spacial score (nSPS) is 9.27. The second-order valence-electron chi connectivity index (χ2n) is 2.00. The monoisotopic (exact) mass is 155 g/mol. The van der Waals surface area contributed by atoms with Gasteiger partial charge in [-0.15, -0.1) is 0 Å². The Morgan fingerprint density at radius 1 is 1.45 bits per heavy atom. The van der Waals surface area contributed by atoms with Crippen molar-refractivity contribution in [1.29, 1.82) is 0 Å². The molecule has 60 valence electrons. The molecule has 4 heteroatoms. The lowest BCUT2D eigenvalue weighted by Crippen LogP contribution is -1.89. The van der Waals surface area contributed by atoms with Gasteiger partial charge in [0.2, 0.25) is 0 Å². The molecule has 0 aliphatic heterocycles. The van der Waals surface area contributed by atoms with E-state index >= 15 is 0 Å². The van der Waals surface area contributed by atoms with Crippen molar-refractivity contribution >= 4 is 5.69 Å². The zero-order chi connectivity index (χ0) is 8.27. The number of nitrogens with one attached hydrogen (secondary N) is 1. The lowest BCUT2D eigenvalue weighted by Gasteiger charge is -2.03. The molecule has 0 atom stereocenters. The summed E-state index contributed by atoms with van der Waals surface area (Å²) in [7, 11) is 1.46. The SMILES string of the molecule is COc1ccc(NO)cc1O. The molecule has 3 N–H and O–H groups in total. The van der Waals surface area contributed by atoms with Gasteiger partial charge in [0, 0.05) is 6.07 Å². The highest BCUT2D eigenvalue weighted by atomic mass is 16.5. The highest BCUT2D eigenvalue weighted by molar-refractivity contribution is 5.52. The van der Waals surface area contributed by atoms with E-state index in [2.05, 4.69) is 0 Å². The van der Waals surface area contributed by atoms with Gasteiger partial charge in [-0.25, -0.2) is 0 Å². The van der Waals surface area contributed by atoms with E-state index in [4.69, 9.17) is 15.1 Å². The van der Waals surface area contributed by atoms with Crippen LogP contribution in [-0.4, -0.2) is 17.4 Å². The van der Waals surface area contributed by atoms with E-state index < -0.39 is 0 Å². The molecule has 1 aromatic rings. The summed E-state index contributed by atoms with van der Waals surface area (Å²) in [6, 6.07) is 4.49. The standard InChI is InChI=1S/C7H9NO3/c1-11-7-3-2-5(8-10)4-6(7)9/h2-4,8-10H,1H3. The first-order chi connectivity index (χ1) is 5.27. The topological polar surface area (TPSA) is 61.7 Å². The molecule has 11 heavy (non-hydrogen) atoms. The largest absolute Gasteiger partial charge is 0.504 e. The zero-order valence-electron chi connectivity index (χ0n) is 6.03. The van der Waals surface area contributed by atoms with E-state index in [1.807, 2.05) is 5.48 Å². The molecule has 0 saturated carbocycles. The lowest BCUT2D eigenvalue weighted by atomic mass is 10.3. The number of benzene rings is 1. The van der Waals surface area contributed by atoms with Crippen LogP contribution in [0.4, 0.5) is 5.69 Å². The molecular formula is C7H9NO3. The van der Waals surface area contributed by atoms with Gasteiger partial charge in [0.15, 0.2) is 11.5 Å². The lowest BCUT2D eigenvalue weighted by molar-refractivity contribution is 0.370. The summed E-state index contributed by atoms with van der Waals surface area (Å²) in [5.74, 6) is 0.371. The van der Waals surface area contributed by atoms with Crippen molar-refractivity contribution in [3.63, 3.8) is 0 Å². The number of anilines is 1. The van der Waals surface area contributed by atoms with Crippen molar-refractivity contribution < 1.29 is 15.1 Å². The highest BCUT2D eigenvalue weighted by Gasteiger charge is 2.00. The van der Waals surface area contributed by atoms with Gasteiger partial charge in [0.25, 0.3) is 0 Å². The maximum Gasteiger partial charge on any atom is 0.160 e. The Kier molecular flexibility index (Phi) is 2.18. The van der Waals surface area contributed by atoms with Crippen LogP contribution in [0.3, 0.4) is 0 Å². The summed E-state index contributed by atoms with van der Waals surface area (Å²) in [4.78, 5) is 0. The van der Waals surface area contributed by atoms with Gasteiger partial charge in [-0.2, -0.15) is 0 Å². The minimum Gasteiger partial charge on any atom is -0.504 e. The Morgan fingerprint density at radius 3 is 2.64 bits per heavy atom. The number of phenolic OH excluding ortho intramolecular Hbond substituents is 1. The van der Waals surface area contributed by atoms with Crippen molar-refractivity contribution in [2.45, 2.75) is 0 Å². The number of aromatic hydroxyl groups is 1. The fourth-order valence-electron chi connectivity index (χ4n) is 0.760. The van der Waals surface area contributed by atoms with Gasteiger partial charge in [0.1, 0.15) is 0 Å². The molecular weight excluding hydrogens is 146 g/mol. The molecule has 0 unspecified atom stereocenters. The first kappa shape index (κ1) is 7.68. The summed E-state index contributed by atoms with van der Waals surface area (Å²) in [6.07, 6.45) is 0. The van der Waals surface area contributed by atoms with Crippen LogP contribution in [0, 0.1) is 0 Å². The van der Waals surface area contributed by atoms with Gasteiger partial charge in [-0.3, -0.25) is 10.7 Å². The second-order valence-corrected chi connectivity index (χ2v) is 2.00. The van der Waals surface area contributed by atoms with Crippen LogP contribution in [0.2, 0.25) is 0 Å². The van der Waals surface area contributed by atoms with Crippen LogP contribution < -0.4 is 10.2 Å². The number of hydrogen-bond donors (Lipinski definition) is 3. The van der Waals surface area contributed by atoms with E-state index in [-0.39, 0.29) is 5.75 Å². The fraction of sp³-hybridized carbons (Fsp3) is 0.143. The Balaban J connectivity index is 2.99. The van der Waals surface area contributed by atoms with Crippen LogP contribution in [0.15, 0.2) is 18.2 Å². The van der Waals surface area contributed by atoms with Crippen molar-refractivity contribution in [3.8, 4) is 11.5 Å². The Bertz CT molecular complexity index is 249. The van der Waals surface area contributed by atoms with Gasteiger partial charge >= 0.3 is 0 Å². The molecule has 0 heterocycles. The predicted molar refractivity (Wildman–Crippen MR) is 40.1 cm³/mol. The molecule has 0 aliphatic carbocycles. The van der Waals surface area contributed by atoms with E-state index in [9.17, 15) is 0 Å². The molecule has 4 nitrogen and oxygen atoms in total. The molecule has 0 fully saturated rings. The van der Waals surface area contributed by atoms with Crippen LogP contribution in [0.1, 0.15) is 0 Å². The van der Waals surface area contributed by atoms with Crippen molar-refractivity contribution in [2.24, 2.45) is 0 Å². The summed E-state index contributed by atoms with van der Waals surface area (Å²) < 4.78 is 4.79. The third kappa shape index (κ3) is 1.53. The van der Waals surface area contributed by atoms with Gasteiger partial charge in [-0.05, 0) is 12.1 Å². The highest BCUT2D eigenvalue weighted by Crippen LogP contribution is 2.27. The van der Waals surface area contributed by atoms with Gasteiger partial charge in [0.05, 0.1) is 12.8 Å². The Morgan fingerprint density at radius 2 is 2.18 bits per heavy atom. The van der Waals surface area contributed by atoms with E-state index in [1.54, 1.807) is 12.1 Å². The minimum atomic E-state index is -0.00782. The Labute approximate surface area is 64.0 Å². The number of phenols is 1. The predicted octanol–water partition coefficient (Wildman–Crippen LogP) is 1.20. The number of rotatable bonds is 2. The molecule has 1 rings (SSSR count). The second kappa shape index (κ2) is 3.12. The first-order valence-electron chi connectivity index (χ1n) is 3.05.